The van der Waals surface area contributed by atoms with E-state index in [0.717, 1.165) is 18.7 Å². The van der Waals surface area contributed by atoms with Gasteiger partial charge in [-0.2, -0.15) is 0 Å². The van der Waals surface area contributed by atoms with Gasteiger partial charge < -0.3 is 10.1 Å². The number of ether oxygens (including phenoxy) is 1. The van der Waals surface area contributed by atoms with Gasteiger partial charge in [0, 0.05) is 6.04 Å². The van der Waals surface area contributed by atoms with E-state index in [1.807, 2.05) is 12.1 Å². The van der Waals surface area contributed by atoms with E-state index >= 15 is 0 Å². The highest BCUT2D eigenvalue weighted by Gasteiger charge is 2.14. The minimum atomic E-state index is 0.367. The Bertz CT molecular complexity index is 352. The van der Waals surface area contributed by atoms with Gasteiger partial charge in [-0.05, 0) is 36.6 Å². The highest BCUT2D eigenvalue weighted by molar-refractivity contribution is 6.32. The van der Waals surface area contributed by atoms with Crippen LogP contribution in [0.2, 0.25) is 5.02 Å². The number of hydrogen-bond donors (Lipinski definition) is 1. The summed E-state index contributed by atoms with van der Waals surface area (Å²) in [5, 5.41) is 4.17. The maximum Gasteiger partial charge on any atom is 0.137 e. The van der Waals surface area contributed by atoms with Crippen molar-refractivity contribution >= 4 is 11.6 Å². The summed E-state index contributed by atoms with van der Waals surface area (Å²) in [5.41, 5.74) is 1.24. The second-order valence-electron chi connectivity index (χ2n) is 4.63. The Morgan fingerprint density at radius 2 is 2.06 bits per heavy atom. The molecule has 2 nitrogen and oxygen atoms in total. The van der Waals surface area contributed by atoms with E-state index in [0.29, 0.717) is 17.0 Å². The van der Waals surface area contributed by atoms with E-state index in [-0.39, 0.29) is 0 Å². The Balaban J connectivity index is 2.92. The molecule has 1 atom stereocenters. The van der Waals surface area contributed by atoms with Crippen molar-refractivity contribution in [3.63, 3.8) is 0 Å². The summed E-state index contributed by atoms with van der Waals surface area (Å²) in [6.45, 7) is 7.55. The standard InChI is InChI=1S/C14H22ClNO/c1-5-16-13(8-10(2)3)11-6-7-12(15)14(9-11)17-4/h6-7,9-10,13,16H,5,8H2,1-4H3. The highest BCUT2D eigenvalue weighted by Crippen LogP contribution is 2.30. The zero-order valence-corrected chi connectivity index (χ0v) is 11.8. The summed E-state index contributed by atoms with van der Waals surface area (Å²) < 4.78 is 5.26. The lowest BCUT2D eigenvalue weighted by Crippen LogP contribution is -2.22. The molecule has 1 rings (SSSR count). The third-order valence-electron chi connectivity index (χ3n) is 2.74. The third kappa shape index (κ3) is 4.21. The molecule has 0 bridgehead atoms. The second kappa shape index (κ2) is 6.87. The van der Waals surface area contributed by atoms with Crippen molar-refractivity contribution in [2.24, 2.45) is 5.92 Å². The first kappa shape index (κ1) is 14.3. The van der Waals surface area contributed by atoms with Crippen LogP contribution in [-0.4, -0.2) is 13.7 Å². The number of rotatable bonds is 6. The van der Waals surface area contributed by atoms with Gasteiger partial charge in [-0.25, -0.2) is 0 Å². The Labute approximate surface area is 109 Å². The molecule has 0 saturated carbocycles. The zero-order valence-electron chi connectivity index (χ0n) is 11.1. The van der Waals surface area contributed by atoms with Crippen LogP contribution in [0.4, 0.5) is 0 Å². The molecule has 0 aliphatic rings. The molecule has 0 aliphatic carbocycles. The van der Waals surface area contributed by atoms with Gasteiger partial charge in [-0.1, -0.05) is 38.4 Å². The largest absolute Gasteiger partial charge is 0.495 e. The SMILES string of the molecule is CCNC(CC(C)C)c1ccc(Cl)c(OC)c1. The Kier molecular flexibility index (Phi) is 5.79. The number of halogens is 1. The van der Waals surface area contributed by atoms with Crippen LogP contribution in [-0.2, 0) is 0 Å². The lowest BCUT2D eigenvalue weighted by atomic mass is 9.97. The molecule has 96 valence electrons. The smallest absolute Gasteiger partial charge is 0.137 e. The number of nitrogens with one attached hydrogen (secondary N) is 1. The highest BCUT2D eigenvalue weighted by atomic mass is 35.5. The van der Waals surface area contributed by atoms with Crippen LogP contribution in [0.3, 0.4) is 0 Å². The van der Waals surface area contributed by atoms with Gasteiger partial charge in [0.15, 0.2) is 0 Å². The quantitative estimate of drug-likeness (QED) is 0.828. The minimum absolute atomic E-state index is 0.367. The second-order valence-corrected chi connectivity index (χ2v) is 5.04. The van der Waals surface area contributed by atoms with Crippen molar-refractivity contribution in [1.29, 1.82) is 0 Å². The van der Waals surface area contributed by atoms with Gasteiger partial charge in [0.1, 0.15) is 5.75 Å². The van der Waals surface area contributed by atoms with Crippen molar-refractivity contribution in [3.8, 4) is 5.75 Å². The van der Waals surface area contributed by atoms with Crippen molar-refractivity contribution in [2.75, 3.05) is 13.7 Å². The molecule has 0 spiro atoms. The van der Waals surface area contributed by atoms with E-state index in [1.165, 1.54) is 5.56 Å². The molecule has 0 aromatic heterocycles. The predicted molar refractivity (Wildman–Crippen MR) is 73.9 cm³/mol. The molecular formula is C14H22ClNO. The van der Waals surface area contributed by atoms with Crippen LogP contribution in [0.25, 0.3) is 0 Å². The molecule has 17 heavy (non-hydrogen) atoms. The summed E-state index contributed by atoms with van der Waals surface area (Å²) >= 11 is 6.04. The van der Waals surface area contributed by atoms with Crippen molar-refractivity contribution in [2.45, 2.75) is 33.2 Å². The maximum absolute atomic E-state index is 6.04. The summed E-state index contributed by atoms with van der Waals surface area (Å²) in [4.78, 5) is 0. The molecular weight excluding hydrogens is 234 g/mol. The molecule has 0 radical (unpaired) electrons. The molecule has 0 heterocycles. The minimum Gasteiger partial charge on any atom is -0.495 e. The van der Waals surface area contributed by atoms with Crippen molar-refractivity contribution in [3.05, 3.63) is 28.8 Å². The lowest BCUT2D eigenvalue weighted by molar-refractivity contribution is 0.408. The van der Waals surface area contributed by atoms with Gasteiger partial charge in [0.2, 0.25) is 0 Å². The molecule has 1 N–H and O–H groups in total. The van der Waals surface area contributed by atoms with Gasteiger partial charge in [-0.15, -0.1) is 0 Å². The molecule has 1 unspecified atom stereocenters. The van der Waals surface area contributed by atoms with Crippen LogP contribution in [0, 0.1) is 5.92 Å². The summed E-state index contributed by atoms with van der Waals surface area (Å²) in [5.74, 6) is 1.40. The third-order valence-corrected chi connectivity index (χ3v) is 3.05. The fourth-order valence-corrected chi connectivity index (χ4v) is 2.14. The molecule has 0 aliphatic heterocycles. The number of benzene rings is 1. The van der Waals surface area contributed by atoms with Gasteiger partial charge in [0.25, 0.3) is 0 Å². The molecule has 1 aromatic rings. The molecule has 3 heteroatoms. The first-order chi connectivity index (χ1) is 8.08. The summed E-state index contributed by atoms with van der Waals surface area (Å²) in [6.07, 6.45) is 1.11. The van der Waals surface area contributed by atoms with Crippen LogP contribution in [0.5, 0.6) is 5.75 Å². The van der Waals surface area contributed by atoms with E-state index in [1.54, 1.807) is 7.11 Å². The lowest BCUT2D eigenvalue weighted by Gasteiger charge is -2.21. The molecule has 0 amide bonds. The molecule has 0 saturated heterocycles. The first-order valence-corrected chi connectivity index (χ1v) is 6.53. The fourth-order valence-electron chi connectivity index (χ4n) is 1.95. The molecule has 1 aromatic carbocycles. The van der Waals surface area contributed by atoms with Gasteiger partial charge >= 0.3 is 0 Å². The van der Waals surface area contributed by atoms with E-state index in [4.69, 9.17) is 16.3 Å². The number of hydrogen-bond acceptors (Lipinski definition) is 2. The topological polar surface area (TPSA) is 21.3 Å². The summed E-state index contributed by atoms with van der Waals surface area (Å²) in [6, 6.07) is 6.37. The normalized spacial score (nSPS) is 12.8. The van der Waals surface area contributed by atoms with Crippen LogP contribution in [0.15, 0.2) is 18.2 Å². The van der Waals surface area contributed by atoms with E-state index in [9.17, 15) is 0 Å². The molecule has 0 fully saturated rings. The maximum atomic E-state index is 6.04. The Hall–Kier alpha value is -0.730. The Morgan fingerprint density at radius 1 is 1.35 bits per heavy atom. The van der Waals surface area contributed by atoms with E-state index in [2.05, 4.69) is 32.2 Å². The summed E-state index contributed by atoms with van der Waals surface area (Å²) in [7, 11) is 1.65. The van der Waals surface area contributed by atoms with E-state index < -0.39 is 0 Å². The number of methoxy groups -OCH3 is 1. The first-order valence-electron chi connectivity index (χ1n) is 6.15. The van der Waals surface area contributed by atoms with Gasteiger partial charge in [0.05, 0.1) is 12.1 Å². The van der Waals surface area contributed by atoms with Crippen LogP contribution in [0.1, 0.15) is 38.8 Å². The van der Waals surface area contributed by atoms with Gasteiger partial charge in [-0.3, -0.25) is 0 Å². The van der Waals surface area contributed by atoms with Crippen LogP contribution >= 0.6 is 11.6 Å². The zero-order chi connectivity index (χ0) is 12.8. The predicted octanol–water partition coefficient (Wildman–Crippen LogP) is 4.05. The van der Waals surface area contributed by atoms with Crippen molar-refractivity contribution < 1.29 is 4.74 Å². The Morgan fingerprint density at radius 3 is 2.59 bits per heavy atom. The average Bonchev–Trinajstić information content (AvgIpc) is 2.28. The monoisotopic (exact) mass is 255 g/mol. The average molecular weight is 256 g/mol. The fraction of sp³-hybridized carbons (Fsp3) is 0.571. The van der Waals surface area contributed by atoms with Crippen LogP contribution < -0.4 is 10.1 Å². The van der Waals surface area contributed by atoms with Crippen molar-refractivity contribution in [1.82, 2.24) is 5.32 Å².